The average molecular weight is 293 g/mol. The van der Waals surface area contributed by atoms with Crippen molar-refractivity contribution in [1.82, 2.24) is 10.2 Å². The van der Waals surface area contributed by atoms with Gasteiger partial charge in [0, 0.05) is 17.5 Å². The minimum absolute atomic E-state index is 0.0304. The summed E-state index contributed by atoms with van der Waals surface area (Å²) in [5.74, 6) is 0.0304. The second-order valence-corrected chi connectivity index (χ2v) is 5.65. The smallest absolute Gasteiger partial charge is 0.224 e. The van der Waals surface area contributed by atoms with Crippen LogP contribution >= 0.6 is 0 Å². The number of nitrogens with zero attached hydrogens (tertiary/aromatic N) is 1. The van der Waals surface area contributed by atoms with E-state index in [0.29, 0.717) is 6.42 Å². The fourth-order valence-corrected chi connectivity index (χ4v) is 2.62. The van der Waals surface area contributed by atoms with Gasteiger partial charge < -0.3 is 5.32 Å². The van der Waals surface area contributed by atoms with E-state index in [-0.39, 0.29) is 5.91 Å². The van der Waals surface area contributed by atoms with Crippen molar-refractivity contribution in [3.63, 3.8) is 0 Å². The van der Waals surface area contributed by atoms with Crippen LogP contribution in [0.4, 0.5) is 5.69 Å². The molecule has 0 fully saturated rings. The first-order valence-corrected chi connectivity index (χ1v) is 7.41. The zero-order chi connectivity index (χ0) is 15.5. The van der Waals surface area contributed by atoms with Crippen molar-refractivity contribution >= 4 is 22.5 Å². The van der Waals surface area contributed by atoms with E-state index >= 15 is 0 Å². The lowest BCUT2D eigenvalue weighted by Crippen LogP contribution is -2.12. The first-order valence-electron chi connectivity index (χ1n) is 7.41. The fourth-order valence-electron chi connectivity index (χ4n) is 2.62. The van der Waals surface area contributed by atoms with E-state index < -0.39 is 0 Å². The van der Waals surface area contributed by atoms with Crippen LogP contribution in [0.1, 0.15) is 23.1 Å². The lowest BCUT2D eigenvalue weighted by Gasteiger charge is -2.08. The maximum atomic E-state index is 12.1. The van der Waals surface area contributed by atoms with Gasteiger partial charge in [0.15, 0.2) is 0 Å². The maximum Gasteiger partial charge on any atom is 0.224 e. The van der Waals surface area contributed by atoms with Crippen LogP contribution in [0.5, 0.6) is 0 Å². The lowest BCUT2D eigenvalue weighted by molar-refractivity contribution is -0.116. The van der Waals surface area contributed by atoms with Crippen molar-refractivity contribution in [3.8, 4) is 0 Å². The molecule has 112 valence electrons. The highest BCUT2D eigenvalue weighted by Crippen LogP contribution is 2.17. The largest absolute Gasteiger partial charge is 0.326 e. The molecule has 4 nitrogen and oxygen atoms in total. The van der Waals surface area contributed by atoms with Gasteiger partial charge in [-0.1, -0.05) is 23.8 Å². The number of hydrogen-bond acceptors (Lipinski definition) is 2. The number of benzene rings is 2. The Kier molecular flexibility index (Phi) is 3.92. The van der Waals surface area contributed by atoms with Crippen LogP contribution in [0.15, 0.2) is 42.6 Å². The molecule has 1 aromatic heterocycles. The second kappa shape index (κ2) is 6.02. The molecule has 22 heavy (non-hydrogen) atoms. The number of aromatic nitrogens is 2. The van der Waals surface area contributed by atoms with Gasteiger partial charge in [-0.2, -0.15) is 5.10 Å². The van der Waals surface area contributed by atoms with Crippen molar-refractivity contribution in [2.24, 2.45) is 0 Å². The van der Waals surface area contributed by atoms with Gasteiger partial charge in [-0.25, -0.2) is 0 Å². The van der Waals surface area contributed by atoms with Gasteiger partial charge in [0.2, 0.25) is 5.91 Å². The summed E-state index contributed by atoms with van der Waals surface area (Å²) >= 11 is 0. The molecule has 0 saturated carbocycles. The van der Waals surface area contributed by atoms with Crippen molar-refractivity contribution in [3.05, 3.63) is 59.3 Å². The number of nitrogens with one attached hydrogen (secondary N) is 2. The average Bonchev–Trinajstić information content (AvgIpc) is 2.94. The number of fused-ring (bicyclic) bond motifs is 1. The summed E-state index contributed by atoms with van der Waals surface area (Å²) in [6.07, 6.45) is 2.99. The van der Waals surface area contributed by atoms with Gasteiger partial charge in [0.1, 0.15) is 0 Å². The summed E-state index contributed by atoms with van der Waals surface area (Å²) < 4.78 is 0. The van der Waals surface area contributed by atoms with E-state index in [2.05, 4.69) is 47.6 Å². The second-order valence-electron chi connectivity index (χ2n) is 5.65. The van der Waals surface area contributed by atoms with Gasteiger partial charge in [-0.05, 0) is 49.6 Å². The summed E-state index contributed by atoms with van der Waals surface area (Å²) in [6, 6.07) is 12.1. The highest BCUT2D eigenvalue weighted by Gasteiger charge is 2.06. The molecule has 0 aliphatic carbocycles. The fraction of sp³-hybridized carbons (Fsp3) is 0.222. The number of amides is 1. The van der Waals surface area contributed by atoms with Crippen LogP contribution in [0.2, 0.25) is 0 Å². The minimum atomic E-state index is 0.0304. The van der Waals surface area contributed by atoms with E-state index in [0.717, 1.165) is 23.0 Å². The van der Waals surface area contributed by atoms with Crippen molar-refractivity contribution in [1.29, 1.82) is 0 Å². The molecule has 3 aromatic rings. The summed E-state index contributed by atoms with van der Waals surface area (Å²) in [5.41, 5.74) is 5.49. The number of carbonyl (C=O) groups is 1. The number of rotatable bonds is 4. The Labute approximate surface area is 129 Å². The number of hydrogen-bond donors (Lipinski definition) is 2. The van der Waals surface area contributed by atoms with Gasteiger partial charge in [-0.15, -0.1) is 0 Å². The molecule has 0 radical (unpaired) electrons. The zero-order valence-corrected chi connectivity index (χ0v) is 12.8. The molecule has 2 N–H and O–H groups in total. The number of carbonyl (C=O) groups excluding carboxylic acids is 1. The van der Waals surface area contributed by atoms with Crippen molar-refractivity contribution < 1.29 is 4.79 Å². The van der Waals surface area contributed by atoms with E-state index in [4.69, 9.17) is 0 Å². The van der Waals surface area contributed by atoms with E-state index in [9.17, 15) is 4.79 Å². The number of anilines is 1. The Hall–Kier alpha value is -2.62. The summed E-state index contributed by atoms with van der Waals surface area (Å²) in [5, 5.41) is 10.8. The topological polar surface area (TPSA) is 57.8 Å². The summed E-state index contributed by atoms with van der Waals surface area (Å²) in [7, 11) is 0. The third-order valence-electron chi connectivity index (χ3n) is 3.84. The summed E-state index contributed by atoms with van der Waals surface area (Å²) in [4.78, 5) is 12.1. The van der Waals surface area contributed by atoms with E-state index in [1.807, 2.05) is 18.2 Å². The van der Waals surface area contributed by atoms with Gasteiger partial charge >= 0.3 is 0 Å². The van der Waals surface area contributed by atoms with Gasteiger partial charge in [-0.3, -0.25) is 9.89 Å². The third-order valence-corrected chi connectivity index (χ3v) is 3.84. The Morgan fingerprint density at radius 2 is 2.05 bits per heavy atom. The predicted molar refractivity (Wildman–Crippen MR) is 89.0 cm³/mol. The molecule has 0 aliphatic heterocycles. The van der Waals surface area contributed by atoms with Crippen LogP contribution in [-0.2, 0) is 11.2 Å². The number of aromatic amines is 1. The highest BCUT2D eigenvalue weighted by molar-refractivity contribution is 5.93. The Bertz CT molecular complexity index is 820. The first-order chi connectivity index (χ1) is 10.6. The quantitative estimate of drug-likeness (QED) is 0.769. The predicted octanol–water partition coefficient (Wildman–Crippen LogP) is 3.75. The van der Waals surface area contributed by atoms with Crippen molar-refractivity contribution in [2.75, 3.05) is 5.32 Å². The molecule has 2 aromatic carbocycles. The minimum Gasteiger partial charge on any atom is -0.326 e. The molecular weight excluding hydrogens is 274 g/mol. The standard InChI is InChI=1S/C18H19N3O/c1-12-3-4-14(13(2)9-12)5-8-18(22)20-16-6-7-17-15(10-16)11-19-21-17/h3-4,6-7,9-11H,5,8H2,1-2H3,(H,19,21)(H,20,22). The molecule has 1 amide bonds. The van der Waals surface area contributed by atoms with Gasteiger partial charge in [0.25, 0.3) is 0 Å². The van der Waals surface area contributed by atoms with E-state index in [1.54, 1.807) is 6.20 Å². The molecule has 0 atom stereocenters. The van der Waals surface area contributed by atoms with E-state index in [1.165, 1.54) is 16.7 Å². The third kappa shape index (κ3) is 3.17. The molecule has 1 heterocycles. The maximum absolute atomic E-state index is 12.1. The molecule has 3 rings (SSSR count). The van der Waals surface area contributed by atoms with Gasteiger partial charge in [0.05, 0.1) is 11.7 Å². The highest BCUT2D eigenvalue weighted by atomic mass is 16.1. The normalized spacial score (nSPS) is 10.8. The monoisotopic (exact) mass is 293 g/mol. The summed E-state index contributed by atoms with van der Waals surface area (Å²) in [6.45, 7) is 4.17. The zero-order valence-electron chi connectivity index (χ0n) is 12.8. The molecule has 0 aliphatic rings. The molecule has 0 bridgehead atoms. The number of aryl methyl sites for hydroxylation is 3. The molecule has 0 spiro atoms. The SMILES string of the molecule is Cc1ccc(CCC(=O)Nc2ccc3[nH]ncc3c2)c(C)c1. The van der Waals surface area contributed by atoms with Crippen LogP contribution in [0.25, 0.3) is 10.9 Å². The lowest BCUT2D eigenvalue weighted by atomic mass is 10.0. The molecule has 4 heteroatoms. The Balaban J connectivity index is 1.62. The van der Waals surface area contributed by atoms with Crippen LogP contribution in [0, 0.1) is 13.8 Å². The molecule has 0 unspecified atom stereocenters. The van der Waals surface area contributed by atoms with Crippen molar-refractivity contribution in [2.45, 2.75) is 26.7 Å². The Morgan fingerprint density at radius 1 is 1.18 bits per heavy atom. The van der Waals surface area contributed by atoms with Crippen LogP contribution in [-0.4, -0.2) is 16.1 Å². The Morgan fingerprint density at radius 3 is 2.86 bits per heavy atom. The van der Waals surface area contributed by atoms with Crippen LogP contribution < -0.4 is 5.32 Å². The molecule has 0 saturated heterocycles. The molecular formula is C18H19N3O. The number of H-pyrrole nitrogens is 1. The first kappa shape index (κ1) is 14.3. The van der Waals surface area contributed by atoms with Crippen LogP contribution in [0.3, 0.4) is 0 Å².